The van der Waals surface area contributed by atoms with E-state index < -0.39 is 50.1 Å². The van der Waals surface area contributed by atoms with Crippen molar-refractivity contribution in [2.45, 2.75) is 52.5 Å². The summed E-state index contributed by atoms with van der Waals surface area (Å²) in [6.45, 7) is 6.38. The number of nitrogens with zero attached hydrogens (tertiary/aromatic N) is 1. The number of hydrogen-bond donors (Lipinski definition) is 0. The zero-order valence-corrected chi connectivity index (χ0v) is 18.4. The summed E-state index contributed by atoms with van der Waals surface area (Å²) < 4.78 is 85.1. The average molecular weight is 458 g/mol. The summed E-state index contributed by atoms with van der Waals surface area (Å²) in [6, 6.07) is 0.316. The Bertz CT molecular complexity index is 674. The molecule has 0 N–H and O–H groups in total. The molecule has 0 aliphatic heterocycles. The summed E-state index contributed by atoms with van der Waals surface area (Å²) in [4.78, 5) is 12.0. The van der Waals surface area contributed by atoms with Gasteiger partial charge in [0.1, 0.15) is 0 Å². The van der Waals surface area contributed by atoms with E-state index in [0.29, 0.717) is 39.1 Å². The van der Waals surface area contributed by atoms with Gasteiger partial charge in [-0.1, -0.05) is 25.3 Å². The lowest BCUT2D eigenvalue weighted by Gasteiger charge is -2.30. The van der Waals surface area contributed by atoms with Gasteiger partial charge in [0.05, 0.1) is 12.1 Å². The molecule has 1 aromatic rings. The van der Waals surface area contributed by atoms with Crippen molar-refractivity contribution < 1.29 is 40.1 Å². The normalized spacial score (nSPS) is 11.7. The highest BCUT2D eigenvalue weighted by molar-refractivity contribution is 6.60. The third-order valence-corrected chi connectivity index (χ3v) is 6.87. The van der Waals surface area contributed by atoms with Crippen LogP contribution in [0.5, 0.6) is 0 Å². The van der Waals surface area contributed by atoms with E-state index in [1.165, 1.54) is 0 Å². The van der Waals surface area contributed by atoms with Gasteiger partial charge in [0, 0.05) is 25.9 Å². The van der Waals surface area contributed by atoms with Gasteiger partial charge in [-0.15, -0.1) is 0 Å². The zero-order chi connectivity index (χ0) is 22.7. The molecule has 30 heavy (non-hydrogen) atoms. The molecule has 1 rings (SSSR count). The number of benzene rings is 1. The number of carbonyl (C=O) groups is 1. The first-order chi connectivity index (χ1) is 14.2. The first-order valence-corrected chi connectivity index (χ1v) is 11.9. The second kappa shape index (κ2) is 13.0. The third-order valence-electron chi connectivity index (χ3n) is 3.97. The van der Waals surface area contributed by atoms with Crippen LogP contribution < -0.4 is 0 Å². The molecule has 0 heterocycles. The maximum atomic E-state index is 14.2. The number of halogens is 5. The standard InChI is InChI=1S/C19H28F5NO4Si/c1-4-9-27-30(28-10-5-2,29-11-6-3)12-7-8-25(24)19(26)14-13-15(20)17(22)18(23)16(14)21/h13H,4-12H2,1-3H3. The van der Waals surface area contributed by atoms with Crippen molar-refractivity contribution in [3.05, 3.63) is 34.9 Å². The minimum absolute atomic E-state index is 0.0411. The van der Waals surface area contributed by atoms with Crippen molar-refractivity contribution in [2.75, 3.05) is 26.4 Å². The fourth-order valence-corrected chi connectivity index (χ4v) is 5.33. The number of carbonyl (C=O) groups excluding carboxylic acids is 1. The molecule has 0 aliphatic rings. The van der Waals surface area contributed by atoms with Crippen molar-refractivity contribution in [2.24, 2.45) is 0 Å². The van der Waals surface area contributed by atoms with Gasteiger partial charge in [-0.2, -0.15) is 5.12 Å². The molecule has 5 nitrogen and oxygen atoms in total. The summed E-state index contributed by atoms with van der Waals surface area (Å²) in [7, 11) is -3.12. The Morgan fingerprint density at radius 2 is 1.40 bits per heavy atom. The number of rotatable bonds is 14. The van der Waals surface area contributed by atoms with Crippen LogP contribution in [0, 0.1) is 23.3 Å². The Hall–Kier alpha value is -1.56. The Labute approximate surface area is 174 Å². The Morgan fingerprint density at radius 3 is 1.87 bits per heavy atom. The SMILES string of the molecule is CCCO[Si](CCCN(F)C(=O)c1cc(F)c(F)c(F)c1F)(OCCC)OCCC. The second-order valence-electron chi connectivity index (χ2n) is 6.57. The number of amides is 1. The molecule has 0 saturated carbocycles. The minimum Gasteiger partial charge on any atom is -0.373 e. The summed E-state index contributed by atoms with van der Waals surface area (Å²) in [5, 5.41) is -0.381. The van der Waals surface area contributed by atoms with E-state index >= 15 is 0 Å². The molecule has 0 saturated heterocycles. The molecule has 0 aliphatic carbocycles. The molecular formula is C19H28F5NO4Si. The Kier molecular flexibility index (Phi) is 11.5. The van der Waals surface area contributed by atoms with Crippen LogP contribution in [-0.2, 0) is 13.3 Å². The van der Waals surface area contributed by atoms with Crippen molar-refractivity contribution in [1.29, 1.82) is 0 Å². The Morgan fingerprint density at radius 1 is 0.900 bits per heavy atom. The van der Waals surface area contributed by atoms with E-state index in [2.05, 4.69) is 0 Å². The first kappa shape index (κ1) is 26.5. The minimum atomic E-state index is -3.12. The summed E-state index contributed by atoms with van der Waals surface area (Å²) in [5.74, 6) is -9.59. The van der Waals surface area contributed by atoms with Crippen molar-refractivity contribution in [3.63, 3.8) is 0 Å². The Balaban J connectivity index is 2.84. The predicted molar refractivity (Wildman–Crippen MR) is 102 cm³/mol. The predicted octanol–water partition coefficient (Wildman–Crippen LogP) is 5.18. The van der Waals surface area contributed by atoms with Crippen LogP contribution in [0.15, 0.2) is 6.07 Å². The molecule has 1 aromatic carbocycles. The average Bonchev–Trinajstić information content (AvgIpc) is 2.74. The topological polar surface area (TPSA) is 48.0 Å². The molecule has 0 aromatic heterocycles. The largest absolute Gasteiger partial charge is 0.501 e. The van der Waals surface area contributed by atoms with Gasteiger partial charge in [-0.05, 0) is 31.7 Å². The molecular weight excluding hydrogens is 429 g/mol. The van der Waals surface area contributed by atoms with Gasteiger partial charge in [-0.25, -0.2) is 17.6 Å². The summed E-state index contributed by atoms with van der Waals surface area (Å²) in [6.07, 6.45) is 2.19. The zero-order valence-electron chi connectivity index (χ0n) is 17.4. The molecule has 1 amide bonds. The third kappa shape index (κ3) is 7.29. The molecule has 0 unspecified atom stereocenters. The van der Waals surface area contributed by atoms with E-state index in [9.17, 15) is 26.8 Å². The lowest BCUT2D eigenvalue weighted by Crippen LogP contribution is -2.47. The highest BCUT2D eigenvalue weighted by Gasteiger charge is 2.40. The monoisotopic (exact) mass is 457 g/mol. The van der Waals surface area contributed by atoms with Crippen LogP contribution in [-0.4, -0.2) is 46.2 Å². The smallest absolute Gasteiger partial charge is 0.373 e. The maximum Gasteiger partial charge on any atom is 0.501 e. The molecule has 0 bridgehead atoms. The van der Waals surface area contributed by atoms with Gasteiger partial charge in [0.2, 0.25) is 0 Å². The fourth-order valence-electron chi connectivity index (χ4n) is 2.51. The van der Waals surface area contributed by atoms with Crippen molar-refractivity contribution in [1.82, 2.24) is 5.12 Å². The van der Waals surface area contributed by atoms with Crippen LogP contribution in [0.2, 0.25) is 6.04 Å². The molecule has 0 atom stereocenters. The van der Waals surface area contributed by atoms with Crippen LogP contribution in [0.4, 0.5) is 22.0 Å². The van der Waals surface area contributed by atoms with E-state index in [-0.39, 0.29) is 23.7 Å². The molecule has 0 radical (unpaired) electrons. The van der Waals surface area contributed by atoms with Crippen LogP contribution in [0.25, 0.3) is 0 Å². The van der Waals surface area contributed by atoms with E-state index in [0.717, 1.165) is 0 Å². The lowest BCUT2D eigenvalue weighted by atomic mass is 10.1. The highest BCUT2D eigenvalue weighted by Crippen LogP contribution is 2.23. The van der Waals surface area contributed by atoms with Crippen LogP contribution >= 0.6 is 0 Å². The van der Waals surface area contributed by atoms with Crippen molar-refractivity contribution >= 4 is 14.7 Å². The van der Waals surface area contributed by atoms with Crippen LogP contribution in [0.3, 0.4) is 0 Å². The molecule has 0 fully saturated rings. The van der Waals surface area contributed by atoms with Gasteiger partial charge >= 0.3 is 8.80 Å². The molecule has 172 valence electrons. The van der Waals surface area contributed by atoms with E-state index in [4.69, 9.17) is 13.3 Å². The van der Waals surface area contributed by atoms with Crippen LogP contribution in [0.1, 0.15) is 56.8 Å². The summed E-state index contributed by atoms with van der Waals surface area (Å²) >= 11 is 0. The van der Waals surface area contributed by atoms with Gasteiger partial charge in [0.25, 0.3) is 5.91 Å². The lowest BCUT2D eigenvalue weighted by molar-refractivity contribution is 0.0166. The number of hydrogen-bond acceptors (Lipinski definition) is 4. The van der Waals surface area contributed by atoms with Gasteiger partial charge < -0.3 is 13.3 Å². The van der Waals surface area contributed by atoms with Gasteiger partial charge in [-0.3, -0.25) is 4.79 Å². The highest BCUT2D eigenvalue weighted by atomic mass is 28.4. The molecule has 0 spiro atoms. The van der Waals surface area contributed by atoms with Gasteiger partial charge in [0.15, 0.2) is 23.3 Å². The second-order valence-corrected chi connectivity index (χ2v) is 9.30. The quantitative estimate of drug-likeness (QED) is 0.127. The maximum absolute atomic E-state index is 14.2. The first-order valence-electron chi connectivity index (χ1n) is 9.95. The van der Waals surface area contributed by atoms with E-state index in [1.54, 1.807) is 0 Å². The molecule has 11 heteroatoms. The fraction of sp³-hybridized carbons (Fsp3) is 0.632. The van der Waals surface area contributed by atoms with E-state index in [1.807, 2.05) is 20.8 Å². The van der Waals surface area contributed by atoms with Crippen molar-refractivity contribution in [3.8, 4) is 0 Å². The summed E-state index contributed by atoms with van der Waals surface area (Å²) in [5.41, 5.74) is -1.23.